The van der Waals surface area contributed by atoms with Crippen molar-refractivity contribution in [2.24, 2.45) is 0 Å². The van der Waals surface area contributed by atoms with Gasteiger partial charge in [0.2, 0.25) is 0 Å². The fourth-order valence-corrected chi connectivity index (χ4v) is 2.87. The van der Waals surface area contributed by atoms with E-state index in [0.717, 1.165) is 21.8 Å². The van der Waals surface area contributed by atoms with E-state index in [9.17, 15) is 0 Å². The molecule has 0 spiro atoms. The van der Waals surface area contributed by atoms with E-state index >= 15 is 0 Å². The molecule has 2 heteroatoms. The lowest BCUT2D eigenvalue weighted by Crippen LogP contribution is -2.16. The Hall–Kier alpha value is -0.390. The Bertz CT molecular complexity index is 272. The summed E-state index contributed by atoms with van der Waals surface area (Å²) in [4.78, 5) is 0. The van der Waals surface area contributed by atoms with Crippen LogP contribution in [0.5, 0.6) is 0 Å². The average molecular weight is 209 g/mol. The first-order valence-electron chi connectivity index (χ1n) is 5.25. The molecule has 78 valence electrons. The Morgan fingerprint density at radius 1 is 1.00 bits per heavy atom. The maximum atomic E-state index is 2.47. The Balaban J connectivity index is 2.75. The molecule has 1 rings (SSSR count). The summed E-state index contributed by atoms with van der Waals surface area (Å²) < 4.78 is 2.47. The van der Waals surface area contributed by atoms with Crippen LogP contribution in [-0.2, 0) is 0 Å². The molecule has 1 unspecified atom stereocenters. The highest BCUT2D eigenvalue weighted by molar-refractivity contribution is 7.44. The minimum absolute atomic E-state index is 0.822. The van der Waals surface area contributed by atoms with E-state index in [1.54, 1.807) is 0 Å². The summed E-state index contributed by atoms with van der Waals surface area (Å²) in [5.74, 6) is 0. The molecular formula is C12H20NP. The van der Waals surface area contributed by atoms with Gasteiger partial charge in [0.05, 0.1) is 0 Å². The lowest BCUT2D eigenvalue weighted by Gasteiger charge is -2.18. The summed E-state index contributed by atoms with van der Waals surface area (Å²) in [7, 11) is 0.822. The molecule has 0 saturated heterocycles. The average Bonchev–Trinajstić information content (AvgIpc) is 2.12. The van der Waals surface area contributed by atoms with E-state index in [4.69, 9.17) is 0 Å². The van der Waals surface area contributed by atoms with E-state index in [2.05, 4.69) is 50.6 Å². The number of aryl methyl sites for hydroxylation is 2. The molecule has 0 saturated carbocycles. The fourth-order valence-electron chi connectivity index (χ4n) is 1.60. The Morgan fingerprint density at radius 2 is 1.50 bits per heavy atom. The van der Waals surface area contributed by atoms with Crippen LogP contribution >= 0.6 is 8.73 Å². The van der Waals surface area contributed by atoms with Crippen molar-refractivity contribution in [3.63, 3.8) is 0 Å². The van der Waals surface area contributed by atoms with Crippen LogP contribution < -0.4 is 5.30 Å². The van der Waals surface area contributed by atoms with Gasteiger partial charge in [-0.05, 0) is 41.0 Å². The lowest BCUT2D eigenvalue weighted by atomic mass is 10.2. The van der Waals surface area contributed by atoms with Crippen LogP contribution in [0.15, 0.2) is 18.2 Å². The molecular weight excluding hydrogens is 189 g/mol. The van der Waals surface area contributed by atoms with Crippen molar-refractivity contribution >= 4 is 14.0 Å². The minimum atomic E-state index is 0.822. The summed E-state index contributed by atoms with van der Waals surface area (Å²) in [6, 6.07) is 6.82. The lowest BCUT2D eigenvalue weighted by molar-refractivity contribution is 0.519. The third-order valence-electron chi connectivity index (χ3n) is 2.27. The van der Waals surface area contributed by atoms with E-state index < -0.39 is 0 Å². The second-order valence-electron chi connectivity index (χ2n) is 3.66. The maximum Gasteiger partial charge on any atom is -0.000707 e. The zero-order chi connectivity index (χ0) is 10.6. The third-order valence-corrected chi connectivity index (χ3v) is 3.77. The van der Waals surface area contributed by atoms with Crippen molar-refractivity contribution in [2.45, 2.75) is 27.7 Å². The SMILES string of the molecule is CCN(CC)Pc1cc(C)cc(C)c1. The van der Waals surface area contributed by atoms with Crippen molar-refractivity contribution < 1.29 is 0 Å². The predicted octanol–water partition coefficient (Wildman–Crippen LogP) is 2.86. The number of benzene rings is 1. The quantitative estimate of drug-likeness (QED) is 0.689. The number of hydrogen-bond donors (Lipinski definition) is 0. The second-order valence-corrected chi connectivity index (χ2v) is 5.09. The van der Waals surface area contributed by atoms with E-state index in [1.807, 2.05) is 0 Å². The number of nitrogens with zero attached hydrogens (tertiary/aromatic N) is 1. The normalized spacial score (nSPS) is 11.8. The highest BCUT2D eigenvalue weighted by Crippen LogP contribution is 2.18. The van der Waals surface area contributed by atoms with Crippen LogP contribution in [0, 0.1) is 13.8 Å². The fraction of sp³-hybridized carbons (Fsp3) is 0.500. The number of rotatable bonds is 4. The summed E-state index contributed by atoms with van der Waals surface area (Å²) in [5, 5.41) is 1.46. The molecule has 0 radical (unpaired) electrons. The van der Waals surface area contributed by atoms with Gasteiger partial charge < -0.3 is 0 Å². The molecule has 1 aromatic carbocycles. The highest BCUT2D eigenvalue weighted by Gasteiger charge is 2.01. The first-order valence-corrected chi connectivity index (χ1v) is 6.20. The summed E-state index contributed by atoms with van der Waals surface area (Å²) >= 11 is 0. The van der Waals surface area contributed by atoms with Crippen LogP contribution in [-0.4, -0.2) is 17.8 Å². The highest BCUT2D eigenvalue weighted by atomic mass is 31.1. The molecule has 1 atom stereocenters. The summed E-state index contributed by atoms with van der Waals surface area (Å²) in [5.41, 5.74) is 2.75. The Kier molecular flexibility index (Phi) is 4.57. The summed E-state index contributed by atoms with van der Waals surface area (Å²) in [6.45, 7) is 11.1. The molecule has 0 aliphatic carbocycles. The molecule has 0 heterocycles. The zero-order valence-electron chi connectivity index (χ0n) is 9.59. The van der Waals surface area contributed by atoms with Crippen LogP contribution in [0.4, 0.5) is 0 Å². The predicted molar refractivity (Wildman–Crippen MR) is 66.8 cm³/mol. The van der Waals surface area contributed by atoms with E-state index in [0.29, 0.717) is 0 Å². The van der Waals surface area contributed by atoms with Gasteiger partial charge in [-0.2, -0.15) is 0 Å². The van der Waals surface area contributed by atoms with Crippen molar-refractivity contribution in [1.29, 1.82) is 0 Å². The van der Waals surface area contributed by atoms with Crippen LogP contribution in [0.3, 0.4) is 0 Å². The van der Waals surface area contributed by atoms with E-state index in [1.165, 1.54) is 16.4 Å². The molecule has 1 nitrogen and oxygen atoms in total. The molecule has 0 aliphatic heterocycles. The van der Waals surface area contributed by atoms with Gasteiger partial charge in [-0.3, -0.25) is 4.67 Å². The minimum Gasteiger partial charge on any atom is -0.281 e. The van der Waals surface area contributed by atoms with Crippen molar-refractivity contribution in [3.8, 4) is 0 Å². The van der Waals surface area contributed by atoms with Gasteiger partial charge in [-0.25, -0.2) is 0 Å². The van der Waals surface area contributed by atoms with Crippen LogP contribution in [0.25, 0.3) is 0 Å². The Labute approximate surface area is 89.4 Å². The topological polar surface area (TPSA) is 3.24 Å². The number of hydrogen-bond acceptors (Lipinski definition) is 1. The van der Waals surface area contributed by atoms with Crippen molar-refractivity contribution in [3.05, 3.63) is 29.3 Å². The zero-order valence-corrected chi connectivity index (χ0v) is 10.6. The van der Waals surface area contributed by atoms with Gasteiger partial charge in [-0.15, -0.1) is 0 Å². The molecule has 0 N–H and O–H groups in total. The Morgan fingerprint density at radius 3 is 1.93 bits per heavy atom. The standard InChI is InChI=1S/C12H20NP/c1-5-13(6-2)14-12-8-10(3)7-11(4)9-12/h7-9,14H,5-6H2,1-4H3. The summed E-state index contributed by atoms with van der Waals surface area (Å²) in [6.07, 6.45) is 0. The molecule has 0 aromatic heterocycles. The first-order chi connectivity index (χ1) is 6.65. The molecule has 0 aliphatic rings. The van der Waals surface area contributed by atoms with Gasteiger partial charge in [0, 0.05) is 0 Å². The maximum absolute atomic E-state index is 2.47. The van der Waals surface area contributed by atoms with Gasteiger partial charge in [0.1, 0.15) is 0 Å². The largest absolute Gasteiger partial charge is 0.281 e. The smallest absolute Gasteiger partial charge is 0.000707 e. The van der Waals surface area contributed by atoms with Gasteiger partial charge in [0.15, 0.2) is 0 Å². The molecule has 1 aromatic rings. The van der Waals surface area contributed by atoms with Gasteiger partial charge >= 0.3 is 0 Å². The van der Waals surface area contributed by atoms with Crippen molar-refractivity contribution in [1.82, 2.24) is 4.67 Å². The van der Waals surface area contributed by atoms with E-state index in [-0.39, 0.29) is 0 Å². The molecule has 0 bridgehead atoms. The van der Waals surface area contributed by atoms with Crippen LogP contribution in [0.2, 0.25) is 0 Å². The van der Waals surface area contributed by atoms with Gasteiger partial charge in [-0.1, -0.05) is 43.2 Å². The molecule has 14 heavy (non-hydrogen) atoms. The molecule has 0 amide bonds. The monoisotopic (exact) mass is 209 g/mol. The molecule has 0 fully saturated rings. The van der Waals surface area contributed by atoms with Gasteiger partial charge in [0.25, 0.3) is 0 Å². The van der Waals surface area contributed by atoms with Crippen LogP contribution in [0.1, 0.15) is 25.0 Å². The van der Waals surface area contributed by atoms with Crippen molar-refractivity contribution in [2.75, 3.05) is 13.1 Å². The third kappa shape index (κ3) is 3.40. The second kappa shape index (κ2) is 5.48. The first kappa shape index (κ1) is 11.7.